The van der Waals surface area contributed by atoms with E-state index in [1.165, 1.54) is 12.1 Å². The molecule has 0 radical (unpaired) electrons. The molecule has 0 atom stereocenters. The molecule has 0 bridgehead atoms. The van der Waals surface area contributed by atoms with Crippen LogP contribution in [0.25, 0.3) is 10.9 Å². The number of H-pyrrole nitrogens is 1. The van der Waals surface area contributed by atoms with Gasteiger partial charge in [-0.2, -0.15) is 0 Å². The van der Waals surface area contributed by atoms with Crippen LogP contribution in [0.1, 0.15) is 18.4 Å². The molecule has 33 heavy (non-hydrogen) atoms. The van der Waals surface area contributed by atoms with Gasteiger partial charge in [0.1, 0.15) is 5.82 Å². The summed E-state index contributed by atoms with van der Waals surface area (Å²) in [7, 11) is 0. The zero-order valence-electron chi connectivity index (χ0n) is 17.7. The molecule has 5 nitrogen and oxygen atoms in total. The van der Waals surface area contributed by atoms with E-state index < -0.39 is 17.2 Å². The summed E-state index contributed by atoms with van der Waals surface area (Å²) in [6.45, 7) is 2.22. The Morgan fingerprint density at radius 2 is 1.85 bits per heavy atom. The van der Waals surface area contributed by atoms with Crippen LogP contribution < -0.4 is 15.4 Å². The standard InChI is InChI=1S/C25H21ClF2N4O/c26-17-4-3-5-18(13-17)32(19-6-9-22(29-14-19)31-10-1-2-11-31)15-16-12-23(33)30-25-20(16)7-8-21(27)24(25)28/h3-9,12-14H,1-2,10-11,15H2,(H,30,33). The van der Waals surface area contributed by atoms with Crippen molar-refractivity contribution in [1.82, 2.24) is 9.97 Å². The van der Waals surface area contributed by atoms with Gasteiger partial charge in [-0.1, -0.05) is 17.7 Å². The predicted molar refractivity (Wildman–Crippen MR) is 127 cm³/mol. The van der Waals surface area contributed by atoms with Crippen molar-refractivity contribution in [2.24, 2.45) is 0 Å². The van der Waals surface area contributed by atoms with Gasteiger partial charge in [-0.3, -0.25) is 4.79 Å². The lowest BCUT2D eigenvalue weighted by Crippen LogP contribution is -2.21. The van der Waals surface area contributed by atoms with Gasteiger partial charge < -0.3 is 14.8 Å². The summed E-state index contributed by atoms with van der Waals surface area (Å²) < 4.78 is 28.2. The summed E-state index contributed by atoms with van der Waals surface area (Å²) in [5.74, 6) is -1.16. The molecule has 2 aromatic heterocycles. The smallest absolute Gasteiger partial charge is 0.248 e. The van der Waals surface area contributed by atoms with E-state index >= 15 is 0 Å². The first kappa shape index (κ1) is 21.4. The second kappa shape index (κ2) is 8.83. The highest BCUT2D eigenvalue weighted by molar-refractivity contribution is 6.30. The maximum Gasteiger partial charge on any atom is 0.248 e. The molecule has 1 aliphatic heterocycles. The molecule has 5 rings (SSSR count). The Hall–Kier alpha value is -3.45. The Bertz CT molecular complexity index is 1370. The van der Waals surface area contributed by atoms with E-state index in [2.05, 4.69) is 14.9 Å². The molecule has 0 amide bonds. The second-order valence-corrected chi connectivity index (χ2v) is 8.51. The monoisotopic (exact) mass is 466 g/mol. The van der Waals surface area contributed by atoms with Crippen molar-refractivity contribution in [2.45, 2.75) is 19.4 Å². The Morgan fingerprint density at radius 1 is 1.03 bits per heavy atom. The van der Waals surface area contributed by atoms with Gasteiger partial charge >= 0.3 is 0 Å². The van der Waals surface area contributed by atoms with Crippen molar-refractivity contribution >= 4 is 39.7 Å². The van der Waals surface area contributed by atoms with Gasteiger partial charge in [0.2, 0.25) is 5.56 Å². The van der Waals surface area contributed by atoms with Crippen LogP contribution in [0.3, 0.4) is 0 Å². The number of benzene rings is 2. The van der Waals surface area contributed by atoms with Crippen molar-refractivity contribution in [3.8, 4) is 0 Å². The zero-order valence-corrected chi connectivity index (χ0v) is 18.4. The summed E-state index contributed by atoms with van der Waals surface area (Å²) in [6, 6.07) is 15.2. The third-order valence-electron chi connectivity index (χ3n) is 5.92. The SMILES string of the molecule is O=c1cc(CN(c2ccc(N3CCCC3)nc2)c2cccc(Cl)c2)c2ccc(F)c(F)c2[nH]1. The fourth-order valence-corrected chi connectivity index (χ4v) is 4.47. The third-order valence-corrected chi connectivity index (χ3v) is 6.15. The van der Waals surface area contributed by atoms with Crippen molar-refractivity contribution in [2.75, 3.05) is 22.9 Å². The molecule has 2 aromatic carbocycles. The molecule has 4 aromatic rings. The lowest BCUT2D eigenvalue weighted by atomic mass is 10.1. The van der Waals surface area contributed by atoms with Crippen LogP contribution in [-0.2, 0) is 6.54 Å². The number of hydrogen-bond acceptors (Lipinski definition) is 4. The lowest BCUT2D eigenvalue weighted by Gasteiger charge is -2.26. The molecule has 0 unspecified atom stereocenters. The fraction of sp³-hybridized carbons (Fsp3) is 0.200. The molecule has 1 fully saturated rings. The van der Waals surface area contributed by atoms with Crippen molar-refractivity contribution < 1.29 is 8.78 Å². The number of nitrogens with one attached hydrogen (secondary N) is 1. The van der Waals surface area contributed by atoms with E-state index in [-0.39, 0.29) is 12.1 Å². The number of pyridine rings is 2. The van der Waals surface area contributed by atoms with Crippen LogP contribution >= 0.6 is 11.6 Å². The number of aromatic amines is 1. The van der Waals surface area contributed by atoms with Gasteiger partial charge in [-0.25, -0.2) is 13.8 Å². The minimum absolute atomic E-state index is 0.147. The number of halogens is 3. The number of rotatable bonds is 5. The highest BCUT2D eigenvalue weighted by Gasteiger charge is 2.18. The van der Waals surface area contributed by atoms with Crippen molar-refractivity contribution in [3.63, 3.8) is 0 Å². The van der Waals surface area contributed by atoms with E-state index in [0.29, 0.717) is 16.0 Å². The molecule has 168 valence electrons. The maximum atomic E-state index is 14.4. The topological polar surface area (TPSA) is 52.2 Å². The quantitative estimate of drug-likeness (QED) is 0.404. The molecule has 0 spiro atoms. The minimum Gasteiger partial charge on any atom is -0.357 e. The Morgan fingerprint density at radius 3 is 2.58 bits per heavy atom. The molecule has 1 aliphatic rings. The van der Waals surface area contributed by atoms with Gasteiger partial charge in [0, 0.05) is 41.8 Å². The molecular formula is C25H21ClF2N4O. The van der Waals surface area contributed by atoms with Crippen LogP contribution in [-0.4, -0.2) is 23.1 Å². The average molecular weight is 467 g/mol. The number of anilines is 3. The highest BCUT2D eigenvalue weighted by Crippen LogP contribution is 2.32. The lowest BCUT2D eigenvalue weighted by molar-refractivity contribution is 0.515. The first-order chi connectivity index (χ1) is 16.0. The fourth-order valence-electron chi connectivity index (χ4n) is 4.28. The normalized spacial score (nSPS) is 13.6. The van der Waals surface area contributed by atoms with Crippen LogP contribution in [0.15, 0.2) is 65.6 Å². The van der Waals surface area contributed by atoms with Crippen molar-refractivity contribution in [1.29, 1.82) is 0 Å². The van der Waals surface area contributed by atoms with E-state index in [4.69, 9.17) is 11.6 Å². The second-order valence-electron chi connectivity index (χ2n) is 8.08. The predicted octanol–water partition coefficient (Wildman–Crippen LogP) is 5.79. The van der Waals surface area contributed by atoms with E-state index in [9.17, 15) is 13.6 Å². The summed E-state index contributed by atoms with van der Waals surface area (Å²) in [5, 5.41) is 0.991. The molecule has 1 saturated heterocycles. The Balaban J connectivity index is 1.59. The Labute approximate surface area is 194 Å². The van der Waals surface area contributed by atoms with Crippen LogP contribution in [0.2, 0.25) is 5.02 Å². The van der Waals surface area contributed by atoms with Gasteiger partial charge in [0.25, 0.3) is 0 Å². The number of aromatic nitrogens is 2. The van der Waals surface area contributed by atoms with Crippen molar-refractivity contribution in [3.05, 3.63) is 93.4 Å². The number of hydrogen-bond donors (Lipinski definition) is 1. The molecule has 0 aliphatic carbocycles. The summed E-state index contributed by atoms with van der Waals surface area (Å²) in [5.41, 5.74) is 1.48. The van der Waals surface area contributed by atoms with Gasteiger partial charge in [-0.15, -0.1) is 0 Å². The first-order valence-electron chi connectivity index (χ1n) is 10.7. The zero-order chi connectivity index (χ0) is 22.9. The summed E-state index contributed by atoms with van der Waals surface area (Å²) in [4.78, 5) is 23.5. The van der Waals surface area contributed by atoms with Crippen LogP contribution in [0.5, 0.6) is 0 Å². The first-order valence-corrected chi connectivity index (χ1v) is 11.1. The molecule has 8 heteroatoms. The van der Waals surface area contributed by atoms with Gasteiger partial charge in [0.05, 0.1) is 17.4 Å². The molecule has 1 N–H and O–H groups in total. The third kappa shape index (κ3) is 4.28. The molecule has 0 saturated carbocycles. The van der Waals surface area contributed by atoms with Crippen LogP contribution in [0.4, 0.5) is 26.0 Å². The van der Waals surface area contributed by atoms with Crippen LogP contribution in [0, 0.1) is 11.6 Å². The summed E-state index contributed by atoms with van der Waals surface area (Å²) >= 11 is 6.25. The summed E-state index contributed by atoms with van der Waals surface area (Å²) in [6.07, 6.45) is 4.10. The molecular weight excluding hydrogens is 446 g/mol. The number of fused-ring (bicyclic) bond motifs is 1. The largest absolute Gasteiger partial charge is 0.357 e. The van der Waals surface area contributed by atoms with Gasteiger partial charge in [-0.05, 0) is 60.9 Å². The highest BCUT2D eigenvalue weighted by atomic mass is 35.5. The van der Waals surface area contributed by atoms with E-state index in [1.54, 1.807) is 12.3 Å². The number of nitrogens with zero attached hydrogens (tertiary/aromatic N) is 3. The van der Waals surface area contributed by atoms with Gasteiger partial charge in [0.15, 0.2) is 11.6 Å². The van der Waals surface area contributed by atoms with E-state index in [0.717, 1.165) is 49.2 Å². The molecule has 3 heterocycles. The minimum atomic E-state index is -1.07. The van der Waals surface area contributed by atoms with E-state index in [1.807, 2.05) is 35.2 Å². The average Bonchev–Trinajstić information content (AvgIpc) is 3.35. The Kier molecular flexibility index (Phi) is 5.72. The maximum absolute atomic E-state index is 14.4.